The van der Waals surface area contributed by atoms with Crippen LogP contribution in [0.15, 0.2) is 36.4 Å². The van der Waals surface area contributed by atoms with E-state index < -0.39 is 0 Å². The fraction of sp³-hybridized carbons (Fsp3) is 0.312. The molecule has 0 saturated carbocycles. The third-order valence-electron chi connectivity index (χ3n) is 3.58. The molecule has 2 heteroatoms. The molecule has 0 N–H and O–H groups in total. The van der Waals surface area contributed by atoms with Crippen molar-refractivity contribution in [3.05, 3.63) is 47.5 Å². The Morgan fingerprint density at radius 1 is 1.17 bits per heavy atom. The molecule has 1 aliphatic heterocycles. The summed E-state index contributed by atoms with van der Waals surface area (Å²) >= 11 is 1.79. The fourth-order valence-corrected chi connectivity index (χ4v) is 3.94. The normalized spacial score (nSPS) is 19.3. The Kier molecular flexibility index (Phi) is 2.90. The van der Waals surface area contributed by atoms with Gasteiger partial charge >= 0.3 is 0 Å². The van der Waals surface area contributed by atoms with Gasteiger partial charge in [0.2, 0.25) is 0 Å². The van der Waals surface area contributed by atoms with Crippen LogP contribution >= 0.6 is 11.8 Å². The predicted molar refractivity (Wildman–Crippen MR) is 78.2 cm³/mol. The van der Waals surface area contributed by atoms with Gasteiger partial charge in [0, 0.05) is 11.3 Å². The summed E-state index contributed by atoms with van der Waals surface area (Å²) in [5, 5.41) is 2.59. The average molecular weight is 256 g/mol. The van der Waals surface area contributed by atoms with Crippen molar-refractivity contribution >= 4 is 28.3 Å². The van der Waals surface area contributed by atoms with Crippen LogP contribution in [0, 0.1) is 5.92 Å². The third-order valence-corrected chi connectivity index (χ3v) is 5.15. The van der Waals surface area contributed by atoms with E-state index in [0.717, 1.165) is 11.3 Å². The Labute approximate surface area is 112 Å². The lowest BCUT2D eigenvalue weighted by atomic mass is 9.93. The van der Waals surface area contributed by atoms with Crippen LogP contribution in [0.3, 0.4) is 0 Å². The highest BCUT2D eigenvalue weighted by Crippen LogP contribution is 2.37. The molecule has 1 nitrogen and oxygen atoms in total. The summed E-state index contributed by atoms with van der Waals surface area (Å²) in [4.78, 5) is 12.5. The van der Waals surface area contributed by atoms with Gasteiger partial charge in [-0.3, -0.25) is 4.79 Å². The number of benzene rings is 2. The number of carbonyl (C=O) groups excluding carboxylic acids is 1. The molecule has 0 fully saturated rings. The van der Waals surface area contributed by atoms with Crippen LogP contribution in [-0.2, 0) is 5.75 Å². The van der Waals surface area contributed by atoms with Crippen LogP contribution in [0.4, 0.5) is 0 Å². The van der Waals surface area contributed by atoms with Gasteiger partial charge < -0.3 is 0 Å². The van der Waals surface area contributed by atoms with E-state index in [4.69, 9.17) is 0 Å². The van der Waals surface area contributed by atoms with Crippen molar-refractivity contribution in [1.29, 1.82) is 0 Å². The molecule has 0 spiro atoms. The summed E-state index contributed by atoms with van der Waals surface area (Å²) in [7, 11) is 0. The van der Waals surface area contributed by atoms with Crippen molar-refractivity contribution in [2.45, 2.75) is 24.9 Å². The number of fused-ring (bicyclic) bond motifs is 3. The number of ketones is 1. The molecule has 2 aromatic carbocycles. The highest BCUT2D eigenvalue weighted by molar-refractivity contribution is 8.00. The van der Waals surface area contributed by atoms with Crippen molar-refractivity contribution in [3.63, 3.8) is 0 Å². The summed E-state index contributed by atoms with van der Waals surface area (Å²) in [6.45, 7) is 4.25. The lowest BCUT2D eigenvalue weighted by Crippen LogP contribution is -2.28. The van der Waals surface area contributed by atoms with E-state index in [9.17, 15) is 4.79 Å². The molecular weight excluding hydrogens is 240 g/mol. The first kappa shape index (κ1) is 11.8. The van der Waals surface area contributed by atoms with Crippen LogP contribution in [0.5, 0.6) is 0 Å². The van der Waals surface area contributed by atoms with Crippen molar-refractivity contribution < 1.29 is 4.79 Å². The highest BCUT2D eigenvalue weighted by atomic mass is 32.2. The maximum absolute atomic E-state index is 12.5. The van der Waals surface area contributed by atoms with Gasteiger partial charge in [0.15, 0.2) is 5.78 Å². The lowest BCUT2D eigenvalue weighted by molar-refractivity contribution is 0.0973. The van der Waals surface area contributed by atoms with Crippen LogP contribution in [0.2, 0.25) is 0 Å². The van der Waals surface area contributed by atoms with Gasteiger partial charge in [-0.05, 0) is 22.3 Å². The van der Waals surface area contributed by atoms with Crippen LogP contribution in [-0.4, -0.2) is 11.0 Å². The minimum Gasteiger partial charge on any atom is -0.293 e. The molecule has 2 aromatic rings. The lowest BCUT2D eigenvalue weighted by Gasteiger charge is -2.26. The quantitative estimate of drug-likeness (QED) is 0.757. The molecule has 92 valence electrons. The SMILES string of the molecule is CC(C)C1SCc2c(ccc3ccccc23)C1=O. The average Bonchev–Trinajstić information content (AvgIpc) is 2.38. The minimum absolute atomic E-state index is 0.124. The molecule has 0 aromatic heterocycles. The molecule has 0 amide bonds. The topological polar surface area (TPSA) is 17.1 Å². The maximum atomic E-state index is 12.5. The third kappa shape index (κ3) is 1.76. The van der Waals surface area contributed by atoms with Crippen molar-refractivity contribution in [2.24, 2.45) is 5.92 Å². The first-order chi connectivity index (χ1) is 8.68. The van der Waals surface area contributed by atoms with Crippen LogP contribution in [0.1, 0.15) is 29.8 Å². The van der Waals surface area contributed by atoms with E-state index in [-0.39, 0.29) is 5.25 Å². The summed E-state index contributed by atoms with van der Waals surface area (Å²) in [6, 6.07) is 12.4. The Morgan fingerprint density at radius 3 is 2.72 bits per heavy atom. The van der Waals surface area contributed by atoms with E-state index in [0.29, 0.717) is 11.7 Å². The number of hydrogen-bond acceptors (Lipinski definition) is 2. The first-order valence-corrected chi connectivity index (χ1v) is 7.40. The number of hydrogen-bond donors (Lipinski definition) is 0. The molecule has 1 aliphatic rings. The molecule has 1 atom stereocenters. The number of rotatable bonds is 1. The molecule has 0 aliphatic carbocycles. The van der Waals surface area contributed by atoms with E-state index in [2.05, 4.69) is 32.0 Å². The summed E-state index contributed by atoms with van der Waals surface area (Å²) < 4.78 is 0. The number of Topliss-reactive ketones (excluding diaryl/α,β-unsaturated/α-hetero) is 1. The Hall–Kier alpha value is -1.28. The van der Waals surface area contributed by atoms with Gasteiger partial charge in [0.05, 0.1) is 5.25 Å². The molecule has 3 rings (SSSR count). The van der Waals surface area contributed by atoms with E-state index in [1.165, 1.54) is 16.3 Å². The minimum atomic E-state index is 0.124. The molecule has 18 heavy (non-hydrogen) atoms. The Balaban J connectivity index is 2.18. The zero-order valence-corrected chi connectivity index (χ0v) is 11.5. The highest BCUT2D eigenvalue weighted by Gasteiger charge is 2.30. The van der Waals surface area contributed by atoms with Crippen molar-refractivity contribution in [1.82, 2.24) is 0 Å². The zero-order chi connectivity index (χ0) is 12.7. The molecular formula is C16H16OS. The summed E-state index contributed by atoms with van der Waals surface area (Å²) in [5.41, 5.74) is 2.16. The summed E-state index contributed by atoms with van der Waals surface area (Å²) in [5.74, 6) is 1.66. The van der Waals surface area contributed by atoms with Gasteiger partial charge in [0.1, 0.15) is 0 Å². The van der Waals surface area contributed by atoms with Gasteiger partial charge in [-0.1, -0.05) is 50.2 Å². The number of carbonyl (C=O) groups is 1. The van der Waals surface area contributed by atoms with E-state index in [1.54, 1.807) is 11.8 Å². The van der Waals surface area contributed by atoms with Gasteiger partial charge in [0.25, 0.3) is 0 Å². The maximum Gasteiger partial charge on any atom is 0.176 e. The summed E-state index contributed by atoms with van der Waals surface area (Å²) in [6.07, 6.45) is 0. The fourth-order valence-electron chi connectivity index (χ4n) is 2.62. The Bertz CT molecular complexity index is 616. The molecule has 0 bridgehead atoms. The van der Waals surface area contributed by atoms with Crippen molar-refractivity contribution in [2.75, 3.05) is 0 Å². The second kappa shape index (κ2) is 4.43. The molecule has 0 saturated heterocycles. The largest absolute Gasteiger partial charge is 0.293 e. The standard InChI is InChI=1S/C16H16OS/c1-10(2)16-15(17)13-8-7-11-5-3-4-6-12(11)14(13)9-18-16/h3-8,10,16H,9H2,1-2H3. The number of thioether (sulfide) groups is 1. The Morgan fingerprint density at radius 2 is 1.94 bits per heavy atom. The second-order valence-corrected chi connectivity index (χ2v) is 6.28. The van der Waals surface area contributed by atoms with Gasteiger partial charge in [-0.2, -0.15) is 0 Å². The molecule has 0 radical (unpaired) electrons. The first-order valence-electron chi connectivity index (χ1n) is 6.35. The predicted octanol–water partition coefficient (Wildman–Crippen LogP) is 4.29. The van der Waals surface area contributed by atoms with E-state index >= 15 is 0 Å². The molecule has 1 heterocycles. The zero-order valence-electron chi connectivity index (χ0n) is 10.6. The van der Waals surface area contributed by atoms with Crippen molar-refractivity contribution in [3.8, 4) is 0 Å². The van der Waals surface area contributed by atoms with Crippen LogP contribution < -0.4 is 0 Å². The smallest absolute Gasteiger partial charge is 0.176 e. The van der Waals surface area contributed by atoms with Gasteiger partial charge in [-0.25, -0.2) is 0 Å². The molecule has 1 unspecified atom stereocenters. The van der Waals surface area contributed by atoms with E-state index in [1.807, 2.05) is 18.2 Å². The second-order valence-electron chi connectivity index (χ2n) is 5.15. The van der Waals surface area contributed by atoms with Crippen LogP contribution in [0.25, 0.3) is 10.8 Å². The van der Waals surface area contributed by atoms with Gasteiger partial charge in [-0.15, -0.1) is 11.8 Å². The monoisotopic (exact) mass is 256 g/mol.